The number of hydrogen-bond acceptors (Lipinski definition) is 5. The highest BCUT2D eigenvalue weighted by Gasteiger charge is 2.14. The van der Waals surface area contributed by atoms with Crippen molar-refractivity contribution in [3.8, 4) is 16.7 Å². The first-order chi connectivity index (χ1) is 11.8. The van der Waals surface area contributed by atoms with E-state index in [1.165, 1.54) is 24.2 Å². The molecule has 1 fully saturated rings. The van der Waals surface area contributed by atoms with Crippen LogP contribution in [0.5, 0.6) is 16.7 Å². The van der Waals surface area contributed by atoms with Crippen molar-refractivity contribution in [2.75, 3.05) is 13.2 Å². The molecule has 2 heterocycles. The Hall–Kier alpha value is -1.82. The Balaban J connectivity index is 1.40. The highest BCUT2D eigenvalue weighted by atomic mass is 35.5. The molecule has 0 radical (unpaired) electrons. The van der Waals surface area contributed by atoms with Crippen molar-refractivity contribution in [3.63, 3.8) is 0 Å². The molecule has 2 aromatic carbocycles. The molecule has 24 heavy (non-hydrogen) atoms. The van der Waals surface area contributed by atoms with Crippen molar-refractivity contribution in [1.29, 1.82) is 0 Å². The van der Waals surface area contributed by atoms with Crippen LogP contribution in [0.2, 0.25) is 5.02 Å². The maximum absolute atomic E-state index is 6.00. The zero-order valence-corrected chi connectivity index (χ0v) is 14.6. The quantitative estimate of drug-likeness (QED) is 0.704. The molecule has 1 N–H and O–H groups in total. The Kier molecular flexibility index (Phi) is 4.56. The number of aromatic nitrogens is 1. The number of fused-ring (bicyclic) bond motifs is 1. The minimum Gasteiger partial charge on any atom is -0.492 e. The van der Waals surface area contributed by atoms with Gasteiger partial charge in [-0.2, -0.15) is 0 Å². The smallest absolute Gasteiger partial charge is 0.279 e. The second kappa shape index (κ2) is 6.97. The van der Waals surface area contributed by atoms with Crippen LogP contribution in [-0.2, 0) is 0 Å². The summed E-state index contributed by atoms with van der Waals surface area (Å²) in [6.45, 7) is 1.80. The lowest BCUT2D eigenvalue weighted by Gasteiger charge is -2.12. The van der Waals surface area contributed by atoms with Crippen LogP contribution in [0.3, 0.4) is 0 Å². The van der Waals surface area contributed by atoms with Gasteiger partial charge in [0.25, 0.3) is 5.19 Å². The Morgan fingerprint density at radius 2 is 2.00 bits per heavy atom. The van der Waals surface area contributed by atoms with Crippen molar-refractivity contribution in [2.24, 2.45) is 0 Å². The molecule has 6 heteroatoms. The maximum atomic E-state index is 6.00. The molecule has 1 saturated heterocycles. The van der Waals surface area contributed by atoms with Crippen molar-refractivity contribution < 1.29 is 9.47 Å². The molecular weight excluding hydrogens is 344 g/mol. The van der Waals surface area contributed by atoms with E-state index >= 15 is 0 Å². The van der Waals surface area contributed by atoms with Crippen LogP contribution in [0.15, 0.2) is 42.5 Å². The van der Waals surface area contributed by atoms with Crippen LogP contribution in [0.1, 0.15) is 12.8 Å². The molecule has 0 amide bonds. The first-order valence-electron chi connectivity index (χ1n) is 7.96. The lowest BCUT2D eigenvalue weighted by molar-refractivity contribution is 0.277. The zero-order valence-electron chi connectivity index (χ0n) is 13.0. The zero-order chi connectivity index (χ0) is 16.4. The molecule has 0 spiro atoms. The summed E-state index contributed by atoms with van der Waals surface area (Å²) in [5.41, 5.74) is 0.892. The standard InChI is InChI=1S/C18H17ClN2O2S/c19-12-3-8-16-17(10-12)24-18(21-16)23-15-6-4-14(5-7-15)22-11-13-2-1-9-20-13/h3-8,10,13,20H,1-2,9,11H2/t13-/m1/s1. The van der Waals surface area contributed by atoms with Gasteiger partial charge in [-0.05, 0) is 61.9 Å². The topological polar surface area (TPSA) is 43.4 Å². The van der Waals surface area contributed by atoms with Crippen LogP contribution in [-0.4, -0.2) is 24.2 Å². The van der Waals surface area contributed by atoms with Crippen LogP contribution in [0.25, 0.3) is 10.2 Å². The summed E-state index contributed by atoms with van der Waals surface area (Å²) in [6.07, 6.45) is 2.41. The number of hydrogen-bond donors (Lipinski definition) is 1. The Labute approximate surface area is 149 Å². The number of nitrogens with zero attached hydrogens (tertiary/aromatic N) is 1. The van der Waals surface area contributed by atoms with Crippen molar-refractivity contribution in [3.05, 3.63) is 47.5 Å². The fraction of sp³-hybridized carbons (Fsp3) is 0.278. The van der Waals surface area contributed by atoms with Gasteiger partial charge >= 0.3 is 0 Å². The second-order valence-corrected chi connectivity index (χ2v) is 7.20. The minimum absolute atomic E-state index is 0.468. The molecule has 1 aromatic heterocycles. The van der Waals surface area contributed by atoms with E-state index in [1.54, 1.807) is 0 Å². The third kappa shape index (κ3) is 3.64. The highest BCUT2D eigenvalue weighted by Crippen LogP contribution is 2.33. The molecule has 0 unspecified atom stereocenters. The van der Waals surface area contributed by atoms with Gasteiger partial charge in [-0.1, -0.05) is 22.9 Å². The van der Waals surface area contributed by atoms with Crippen molar-refractivity contribution >= 4 is 33.2 Å². The molecule has 4 rings (SSSR count). The van der Waals surface area contributed by atoms with Gasteiger partial charge in [0.15, 0.2) is 0 Å². The lowest BCUT2D eigenvalue weighted by Crippen LogP contribution is -2.28. The normalized spacial score (nSPS) is 17.3. The van der Waals surface area contributed by atoms with Gasteiger partial charge in [0.1, 0.15) is 18.1 Å². The average molecular weight is 361 g/mol. The third-order valence-electron chi connectivity index (χ3n) is 3.97. The van der Waals surface area contributed by atoms with Gasteiger partial charge < -0.3 is 14.8 Å². The Morgan fingerprint density at radius 3 is 2.79 bits per heavy atom. The van der Waals surface area contributed by atoms with Gasteiger partial charge in [-0.3, -0.25) is 0 Å². The highest BCUT2D eigenvalue weighted by molar-refractivity contribution is 7.20. The van der Waals surface area contributed by atoms with Crippen molar-refractivity contribution in [2.45, 2.75) is 18.9 Å². The SMILES string of the molecule is Clc1ccc2nc(Oc3ccc(OC[C@H]4CCCN4)cc3)sc2c1. The van der Waals surface area contributed by atoms with Gasteiger partial charge in [-0.25, -0.2) is 4.98 Å². The largest absolute Gasteiger partial charge is 0.492 e. The molecule has 1 aliphatic rings. The lowest BCUT2D eigenvalue weighted by atomic mass is 10.2. The molecule has 1 atom stereocenters. The number of benzene rings is 2. The second-order valence-electron chi connectivity index (χ2n) is 5.77. The summed E-state index contributed by atoms with van der Waals surface area (Å²) in [5.74, 6) is 1.60. The predicted octanol–water partition coefficient (Wildman–Crippen LogP) is 4.87. The van der Waals surface area contributed by atoms with Crippen LogP contribution in [0.4, 0.5) is 0 Å². The fourth-order valence-corrected chi connectivity index (χ4v) is 3.83. The third-order valence-corrected chi connectivity index (χ3v) is 5.10. The van der Waals surface area contributed by atoms with Crippen LogP contribution >= 0.6 is 22.9 Å². The summed E-state index contributed by atoms with van der Waals surface area (Å²) in [7, 11) is 0. The monoisotopic (exact) mass is 360 g/mol. The first-order valence-corrected chi connectivity index (χ1v) is 9.16. The van der Waals surface area contributed by atoms with E-state index in [4.69, 9.17) is 21.1 Å². The van der Waals surface area contributed by atoms with Crippen LogP contribution < -0.4 is 14.8 Å². The number of halogens is 1. The number of ether oxygens (including phenoxy) is 2. The van der Waals surface area contributed by atoms with Gasteiger partial charge in [0.05, 0.1) is 10.2 Å². The number of rotatable bonds is 5. The molecule has 124 valence electrons. The predicted molar refractivity (Wildman–Crippen MR) is 97.7 cm³/mol. The summed E-state index contributed by atoms with van der Waals surface area (Å²) in [5, 5.41) is 4.73. The molecule has 0 bridgehead atoms. The maximum Gasteiger partial charge on any atom is 0.279 e. The van der Waals surface area contributed by atoms with E-state index in [2.05, 4.69) is 10.3 Å². The molecule has 4 nitrogen and oxygen atoms in total. The van der Waals surface area contributed by atoms with Gasteiger partial charge in [0, 0.05) is 11.1 Å². The first kappa shape index (κ1) is 15.7. The summed E-state index contributed by atoms with van der Waals surface area (Å²) in [4.78, 5) is 4.46. The van der Waals surface area contributed by atoms with Gasteiger partial charge in [0.2, 0.25) is 0 Å². The summed E-state index contributed by atoms with van der Waals surface area (Å²) >= 11 is 7.48. The summed E-state index contributed by atoms with van der Waals surface area (Å²) in [6, 6.07) is 13.7. The number of thiazole rings is 1. The van der Waals surface area contributed by atoms with E-state index < -0.39 is 0 Å². The molecule has 1 aliphatic heterocycles. The summed E-state index contributed by atoms with van der Waals surface area (Å²) < 4.78 is 12.7. The van der Waals surface area contributed by atoms with E-state index in [-0.39, 0.29) is 0 Å². The van der Waals surface area contributed by atoms with Crippen molar-refractivity contribution in [1.82, 2.24) is 10.3 Å². The molecular formula is C18H17ClN2O2S. The fourth-order valence-electron chi connectivity index (χ4n) is 2.72. The van der Waals surface area contributed by atoms with E-state index in [0.29, 0.717) is 22.9 Å². The average Bonchev–Trinajstić information content (AvgIpc) is 3.23. The van der Waals surface area contributed by atoms with Gasteiger partial charge in [-0.15, -0.1) is 0 Å². The van der Waals surface area contributed by atoms with E-state index in [9.17, 15) is 0 Å². The van der Waals surface area contributed by atoms with E-state index in [1.807, 2.05) is 42.5 Å². The molecule has 3 aromatic rings. The number of nitrogens with one attached hydrogen (secondary N) is 1. The Bertz CT molecular complexity index is 829. The Morgan fingerprint density at radius 1 is 1.17 bits per heavy atom. The van der Waals surface area contributed by atoms with E-state index in [0.717, 1.165) is 28.3 Å². The molecule has 0 saturated carbocycles. The van der Waals surface area contributed by atoms with Crippen LogP contribution in [0, 0.1) is 0 Å². The molecule has 0 aliphatic carbocycles. The minimum atomic E-state index is 0.468.